The van der Waals surface area contributed by atoms with E-state index in [-0.39, 0.29) is 17.8 Å². The van der Waals surface area contributed by atoms with Crippen molar-refractivity contribution in [2.24, 2.45) is 0 Å². The normalized spacial score (nSPS) is 22.1. The van der Waals surface area contributed by atoms with Gasteiger partial charge in [-0.3, -0.25) is 9.59 Å². The highest BCUT2D eigenvalue weighted by Crippen LogP contribution is 2.42. The zero-order valence-electron chi connectivity index (χ0n) is 14.5. The molecule has 7 heteroatoms. The number of thioether (sulfide) groups is 1. The minimum absolute atomic E-state index is 0.0292. The third-order valence-electron chi connectivity index (χ3n) is 4.74. The molecule has 28 heavy (non-hydrogen) atoms. The van der Waals surface area contributed by atoms with Gasteiger partial charge in [0, 0.05) is 16.9 Å². The van der Waals surface area contributed by atoms with E-state index in [4.69, 9.17) is 11.6 Å². The zero-order chi connectivity index (χ0) is 19.7. The molecular formula is C21H15ClFNO2S2. The lowest BCUT2D eigenvalue weighted by molar-refractivity contribution is -0.132. The Labute approximate surface area is 174 Å². The second-order valence-corrected chi connectivity index (χ2v) is 8.79. The lowest BCUT2D eigenvalue weighted by atomic mass is 9.77. The fraction of sp³-hybridized carbons (Fsp3) is 0.143. The molecule has 142 valence electrons. The van der Waals surface area contributed by atoms with Crippen LogP contribution in [0, 0.1) is 5.82 Å². The van der Waals surface area contributed by atoms with Gasteiger partial charge >= 0.3 is 0 Å². The summed E-state index contributed by atoms with van der Waals surface area (Å²) in [5.74, 6) is -1.17. The maximum atomic E-state index is 14.7. The van der Waals surface area contributed by atoms with E-state index in [9.17, 15) is 14.0 Å². The van der Waals surface area contributed by atoms with Crippen molar-refractivity contribution >= 4 is 46.4 Å². The molecule has 3 nitrogen and oxygen atoms in total. The van der Waals surface area contributed by atoms with Crippen molar-refractivity contribution in [3.63, 3.8) is 0 Å². The third kappa shape index (κ3) is 3.36. The van der Waals surface area contributed by atoms with Crippen molar-refractivity contribution < 1.29 is 14.0 Å². The van der Waals surface area contributed by atoms with Crippen LogP contribution in [0.25, 0.3) is 0 Å². The molecule has 0 spiro atoms. The fourth-order valence-electron chi connectivity index (χ4n) is 3.41. The minimum Gasteiger partial charge on any atom is -0.340 e. The van der Waals surface area contributed by atoms with Crippen LogP contribution < -0.4 is 5.32 Å². The quantitative estimate of drug-likeness (QED) is 0.589. The predicted molar refractivity (Wildman–Crippen MR) is 110 cm³/mol. The molecule has 0 aliphatic carbocycles. The molecule has 2 aromatic carbocycles. The highest BCUT2D eigenvalue weighted by atomic mass is 35.5. The number of carbonyl (C=O) groups is 2. The van der Waals surface area contributed by atoms with Crippen LogP contribution in [-0.2, 0) is 15.1 Å². The van der Waals surface area contributed by atoms with Crippen LogP contribution in [0.3, 0.4) is 0 Å². The Bertz CT molecular complexity index is 1020. The van der Waals surface area contributed by atoms with Gasteiger partial charge in [0.2, 0.25) is 5.91 Å². The Hall–Kier alpha value is -2.15. The summed E-state index contributed by atoms with van der Waals surface area (Å²) < 4.78 is 14.7. The number of thiophene rings is 1. The summed E-state index contributed by atoms with van der Waals surface area (Å²) in [5, 5.41) is 6.19. The SMILES string of the molecule is O=C1C[C@](c2ccsc2)(c2ccccc2F)NC(=O)[C@@H]1Sc1ccccc1Cl. The minimum atomic E-state index is -1.21. The van der Waals surface area contributed by atoms with Crippen LogP contribution >= 0.6 is 34.7 Å². The standard InChI is InChI=1S/C21H15ClFNO2S2/c22-15-6-2-4-8-18(15)28-19-17(25)11-21(24-20(19)26,13-9-10-27-12-13)14-5-1-3-7-16(14)23/h1-10,12,19H,11H2,(H,24,26)/t19-,21+/m1/s1. The fourth-order valence-corrected chi connectivity index (χ4v) is 5.39. The molecule has 1 aliphatic heterocycles. The van der Waals surface area contributed by atoms with E-state index in [0.29, 0.717) is 15.5 Å². The summed E-state index contributed by atoms with van der Waals surface area (Å²) >= 11 is 8.73. The molecule has 2 heterocycles. The van der Waals surface area contributed by atoms with E-state index in [1.165, 1.54) is 17.4 Å². The van der Waals surface area contributed by atoms with Gasteiger partial charge in [-0.1, -0.05) is 41.9 Å². The summed E-state index contributed by atoms with van der Waals surface area (Å²) in [6, 6.07) is 15.1. The summed E-state index contributed by atoms with van der Waals surface area (Å²) in [4.78, 5) is 26.7. The highest BCUT2D eigenvalue weighted by molar-refractivity contribution is 8.01. The number of halogens is 2. The number of benzene rings is 2. The second kappa shape index (κ2) is 7.70. The number of Topliss-reactive ketones (excluding diaryl/α,β-unsaturated/α-hetero) is 1. The van der Waals surface area contributed by atoms with Gasteiger partial charge in [0.25, 0.3) is 0 Å². The highest BCUT2D eigenvalue weighted by Gasteiger charge is 2.48. The first-order valence-corrected chi connectivity index (χ1v) is 10.7. The maximum Gasteiger partial charge on any atom is 0.242 e. The second-order valence-electron chi connectivity index (χ2n) is 6.46. The third-order valence-corrected chi connectivity index (χ3v) is 7.18. The number of amides is 1. The molecule has 3 aromatic rings. The van der Waals surface area contributed by atoms with Crippen LogP contribution in [0.2, 0.25) is 5.02 Å². The van der Waals surface area contributed by atoms with Gasteiger partial charge in [0.1, 0.15) is 16.6 Å². The zero-order valence-corrected chi connectivity index (χ0v) is 16.9. The van der Waals surface area contributed by atoms with Gasteiger partial charge in [-0.2, -0.15) is 11.3 Å². The first-order valence-electron chi connectivity index (χ1n) is 8.55. The molecule has 1 aromatic heterocycles. The lowest BCUT2D eigenvalue weighted by Crippen LogP contribution is -2.58. The molecule has 1 fully saturated rings. The van der Waals surface area contributed by atoms with Gasteiger partial charge in [-0.25, -0.2) is 4.39 Å². The topological polar surface area (TPSA) is 46.2 Å². The van der Waals surface area contributed by atoms with Crippen LogP contribution in [0.1, 0.15) is 17.5 Å². The molecule has 0 radical (unpaired) electrons. The monoisotopic (exact) mass is 431 g/mol. The van der Waals surface area contributed by atoms with Gasteiger partial charge in [-0.05, 0) is 40.6 Å². The molecule has 0 saturated carbocycles. The Kier molecular flexibility index (Phi) is 5.27. The molecule has 1 amide bonds. The lowest BCUT2D eigenvalue weighted by Gasteiger charge is -2.40. The van der Waals surface area contributed by atoms with Gasteiger partial charge in [-0.15, -0.1) is 11.8 Å². The van der Waals surface area contributed by atoms with Crippen molar-refractivity contribution in [2.45, 2.75) is 22.1 Å². The van der Waals surface area contributed by atoms with Gasteiger partial charge in [0.15, 0.2) is 5.78 Å². The van der Waals surface area contributed by atoms with Gasteiger partial charge in [0.05, 0.1) is 5.02 Å². The van der Waals surface area contributed by atoms with Crippen LogP contribution in [0.5, 0.6) is 0 Å². The Morgan fingerprint density at radius 3 is 2.54 bits per heavy atom. The number of piperidine rings is 1. The molecule has 1 N–H and O–H groups in total. The molecule has 4 rings (SSSR count). The van der Waals surface area contributed by atoms with Crippen molar-refractivity contribution in [1.29, 1.82) is 0 Å². The molecule has 1 saturated heterocycles. The van der Waals surface area contributed by atoms with Gasteiger partial charge < -0.3 is 5.32 Å². The predicted octanol–water partition coefficient (Wildman–Crippen LogP) is 5.03. The Morgan fingerprint density at radius 2 is 1.86 bits per heavy atom. The van der Waals surface area contributed by atoms with E-state index >= 15 is 0 Å². The van der Waals surface area contributed by atoms with E-state index < -0.39 is 22.5 Å². The summed E-state index contributed by atoms with van der Waals surface area (Å²) in [6.07, 6.45) is -0.0292. The average molecular weight is 432 g/mol. The molecular weight excluding hydrogens is 417 g/mol. The number of rotatable bonds is 4. The van der Waals surface area contributed by atoms with Crippen molar-refractivity contribution in [1.82, 2.24) is 5.32 Å². The van der Waals surface area contributed by atoms with E-state index in [1.54, 1.807) is 42.5 Å². The number of carbonyl (C=O) groups excluding carboxylic acids is 2. The maximum absolute atomic E-state index is 14.7. The Morgan fingerprint density at radius 1 is 1.11 bits per heavy atom. The number of hydrogen-bond donors (Lipinski definition) is 1. The van der Waals surface area contributed by atoms with Crippen molar-refractivity contribution in [3.8, 4) is 0 Å². The summed E-state index contributed by atoms with van der Waals surface area (Å²) in [5.41, 5.74) is -0.223. The molecule has 0 unspecified atom stereocenters. The largest absolute Gasteiger partial charge is 0.340 e. The van der Waals surface area contributed by atoms with Crippen molar-refractivity contribution in [2.75, 3.05) is 0 Å². The molecule has 1 aliphatic rings. The van der Waals surface area contributed by atoms with Crippen LogP contribution in [-0.4, -0.2) is 16.9 Å². The molecule has 0 bridgehead atoms. The molecule has 2 atom stereocenters. The number of nitrogens with one attached hydrogen (secondary N) is 1. The number of ketones is 1. The first kappa shape index (κ1) is 19.2. The number of hydrogen-bond acceptors (Lipinski definition) is 4. The first-order chi connectivity index (χ1) is 13.5. The average Bonchev–Trinajstić information content (AvgIpc) is 3.21. The smallest absolute Gasteiger partial charge is 0.242 e. The summed E-state index contributed by atoms with van der Waals surface area (Å²) in [7, 11) is 0. The van der Waals surface area contributed by atoms with E-state index in [1.807, 2.05) is 16.8 Å². The summed E-state index contributed by atoms with van der Waals surface area (Å²) in [6.45, 7) is 0. The van der Waals surface area contributed by atoms with Crippen LogP contribution in [0.15, 0.2) is 70.3 Å². The van der Waals surface area contributed by atoms with E-state index in [2.05, 4.69) is 5.32 Å². The van der Waals surface area contributed by atoms with Crippen LogP contribution in [0.4, 0.5) is 4.39 Å². The Balaban J connectivity index is 1.73. The van der Waals surface area contributed by atoms with Crippen molar-refractivity contribution in [3.05, 3.63) is 87.3 Å². The van der Waals surface area contributed by atoms with E-state index in [0.717, 1.165) is 11.8 Å².